The van der Waals surface area contributed by atoms with Crippen LogP contribution in [-0.4, -0.2) is 0 Å². The van der Waals surface area contributed by atoms with Crippen LogP contribution in [0.25, 0.3) is 0 Å². The van der Waals surface area contributed by atoms with Crippen LogP contribution < -0.4 is 0 Å². The predicted octanol–water partition coefficient (Wildman–Crippen LogP) is 7.02. The van der Waals surface area contributed by atoms with Crippen molar-refractivity contribution in [1.29, 1.82) is 0 Å². The molecule has 0 aliphatic heterocycles. The predicted molar refractivity (Wildman–Crippen MR) is 91.6 cm³/mol. The molecule has 0 aromatic rings. The van der Waals surface area contributed by atoms with E-state index in [2.05, 4.69) is 83.1 Å². The summed E-state index contributed by atoms with van der Waals surface area (Å²) in [7, 11) is 0. The van der Waals surface area contributed by atoms with Crippen LogP contribution in [0.5, 0.6) is 0 Å². The number of allylic oxidation sites excluding steroid dienone is 4. The molecule has 0 atom stereocenters. The number of hydrogen-bond donors (Lipinski definition) is 0. The molecule has 0 rings (SSSR count). The maximum Gasteiger partial charge on any atom is -0.0122 e. The molecule has 0 spiro atoms. The summed E-state index contributed by atoms with van der Waals surface area (Å²) < 4.78 is 0. The van der Waals surface area contributed by atoms with E-state index in [1.54, 1.807) is 0 Å². The van der Waals surface area contributed by atoms with Gasteiger partial charge in [-0.05, 0) is 58.8 Å². The SMILES string of the molecule is CC(C)=C(C)C(C)(C)C(C)C.CC(C)=C(C)C(C)C. The zero-order valence-corrected chi connectivity index (χ0v) is 15.7. The molecule has 0 amide bonds. The molecule has 0 saturated heterocycles. The molecule has 0 aromatic carbocycles. The van der Waals surface area contributed by atoms with Crippen LogP contribution in [0, 0.1) is 17.3 Å². The summed E-state index contributed by atoms with van der Waals surface area (Å²) in [6.45, 7) is 26.8. The third-order valence-electron chi connectivity index (χ3n) is 4.81. The zero-order chi connectivity index (χ0) is 16.0. The highest BCUT2D eigenvalue weighted by Gasteiger charge is 2.24. The van der Waals surface area contributed by atoms with Gasteiger partial charge in [0.2, 0.25) is 0 Å². The van der Waals surface area contributed by atoms with Crippen LogP contribution >= 0.6 is 0 Å². The second-order valence-corrected chi connectivity index (χ2v) is 7.34. The fourth-order valence-electron chi connectivity index (χ4n) is 1.65. The van der Waals surface area contributed by atoms with Gasteiger partial charge in [0, 0.05) is 0 Å². The maximum absolute atomic E-state index is 2.32. The van der Waals surface area contributed by atoms with Gasteiger partial charge in [-0.25, -0.2) is 0 Å². The van der Waals surface area contributed by atoms with Gasteiger partial charge in [-0.3, -0.25) is 0 Å². The first-order valence-electron chi connectivity index (χ1n) is 7.64. The largest absolute Gasteiger partial charge is 0.0773 e. The van der Waals surface area contributed by atoms with Crippen molar-refractivity contribution in [2.24, 2.45) is 17.3 Å². The highest BCUT2D eigenvalue weighted by molar-refractivity contribution is 5.15. The van der Waals surface area contributed by atoms with Gasteiger partial charge in [0.25, 0.3) is 0 Å². The molecule has 0 nitrogen and oxygen atoms in total. The first-order valence-corrected chi connectivity index (χ1v) is 7.64. The summed E-state index contributed by atoms with van der Waals surface area (Å²) in [6.07, 6.45) is 0. The topological polar surface area (TPSA) is 0 Å². The van der Waals surface area contributed by atoms with Gasteiger partial charge in [-0.1, -0.05) is 63.8 Å². The Morgan fingerprint density at radius 3 is 1.11 bits per heavy atom. The molecule has 0 aliphatic rings. The fourth-order valence-corrected chi connectivity index (χ4v) is 1.65. The quantitative estimate of drug-likeness (QED) is 0.481. The average molecular weight is 267 g/mol. The van der Waals surface area contributed by atoms with E-state index < -0.39 is 0 Å². The Kier molecular flexibility index (Phi) is 9.42. The third-order valence-corrected chi connectivity index (χ3v) is 4.81. The molecule has 0 N–H and O–H groups in total. The van der Waals surface area contributed by atoms with E-state index in [1.165, 1.54) is 22.3 Å². The summed E-state index contributed by atoms with van der Waals surface area (Å²) in [4.78, 5) is 0. The van der Waals surface area contributed by atoms with Gasteiger partial charge in [0.1, 0.15) is 0 Å². The van der Waals surface area contributed by atoms with Gasteiger partial charge in [-0.2, -0.15) is 0 Å². The first kappa shape index (κ1) is 20.8. The second kappa shape index (κ2) is 8.61. The van der Waals surface area contributed by atoms with E-state index in [4.69, 9.17) is 0 Å². The van der Waals surface area contributed by atoms with Crippen LogP contribution in [0.1, 0.15) is 83.1 Å². The summed E-state index contributed by atoms with van der Waals surface area (Å²) in [5, 5.41) is 0. The number of rotatable bonds is 3. The second-order valence-electron chi connectivity index (χ2n) is 7.34. The van der Waals surface area contributed by atoms with E-state index in [0.717, 1.165) is 11.8 Å². The Labute approximate surface area is 123 Å². The molecule has 0 saturated carbocycles. The lowest BCUT2D eigenvalue weighted by molar-refractivity contribution is 0.307. The maximum atomic E-state index is 2.32. The molecule has 0 radical (unpaired) electrons. The highest BCUT2D eigenvalue weighted by atomic mass is 14.3. The van der Waals surface area contributed by atoms with Gasteiger partial charge in [0.05, 0.1) is 0 Å². The average Bonchev–Trinajstić information content (AvgIpc) is 2.26. The van der Waals surface area contributed by atoms with Crippen molar-refractivity contribution in [2.45, 2.75) is 83.1 Å². The summed E-state index contributed by atoms with van der Waals surface area (Å²) in [5.74, 6) is 1.44. The summed E-state index contributed by atoms with van der Waals surface area (Å²) in [6, 6.07) is 0. The smallest absolute Gasteiger partial charge is 0.0122 e. The van der Waals surface area contributed by atoms with Crippen molar-refractivity contribution in [3.8, 4) is 0 Å². The van der Waals surface area contributed by atoms with Gasteiger partial charge in [0.15, 0.2) is 0 Å². The molecule has 0 bridgehead atoms. The minimum absolute atomic E-state index is 0.360. The van der Waals surface area contributed by atoms with Crippen molar-refractivity contribution in [1.82, 2.24) is 0 Å². The Bertz CT molecular complexity index is 314. The van der Waals surface area contributed by atoms with Crippen molar-refractivity contribution in [2.75, 3.05) is 0 Å². The van der Waals surface area contributed by atoms with E-state index in [-0.39, 0.29) is 0 Å². The standard InChI is InChI=1S/C11H22.C8H16/c1-8(2)10(5)11(6,7)9(3)4;1-6(2)8(5)7(3)4/h9H,1-7H3;6H,1-5H3. The molecule has 0 fully saturated rings. The Balaban J connectivity index is 0. The highest BCUT2D eigenvalue weighted by Crippen LogP contribution is 2.35. The molecule has 114 valence electrons. The van der Waals surface area contributed by atoms with Crippen LogP contribution in [0.3, 0.4) is 0 Å². The monoisotopic (exact) mass is 266 g/mol. The lowest BCUT2D eigenvalue weighted by atomic mass is 9.74. The van der Waals surface area contributed by atoms with Crippen molar-refractivity contribution < 1.29 is 0 Å². The Hall–Kier alpha value is -0.520. The molecule has 0 unspecified atom stereocenters. The van der Waals surface area contributed by atoms with Gasteiger partial charge in [-0.15, -0.1) is 0 Å². The molecular weight excluding hydrogens is 228 g/mol. The minimum Gasteiger partial charge on any atom is -0.0773 e. The molecule has 0 heteroatoms. The minimum atomic E-state index is 0.360. The Morgan fingerprint density at radius 2 is 1.05 bits per heavy atom. The zero-order valence-electron chi connectivity index (χ0n) is 15.7. The summed E-state index contributed by atoms with van der Waals surface area (Å²) in [5.41, 5.74) is 6.33. The number of hydrogen-bond acceptors (Lipinski definition) is 0. The van der Waals surface area contributed by atoms with Crippen LogP contribution in [0.15, 0.2) is 22.3 Å². The van der Waals surface area contributed by atoms with Gasteiger partial charge < -0.3 is 0 Å². The van der Waals surface area contributed by atoms with Gasteiger partial charge >= 0.3 is 0 Å². The Morgan fingerprint density at radius 1 is 0.684 bits per heavy atom. The summed E-state index contributed by atoms with van der Waals surface area (Å²) >= 11 is 0. The van der Waals surface area contributed by atoms with Crippen LogP contribution in [0.2, 0.25) is 0 Å². The molecule has 0 aliphatic carbocycles. The van der Waals surface area contributed by atoms with E-state index >= 15 is 0 Å². The van der Waals surface area contributed by atoms with Crippen molar-refractivity contribution in [3.05, 3.63) is 22.3 Å². The lowest BCUT2D eigenvalue weighted by Crippen LogP contribution is -2.21. The van der Waals surface area contributed by atoms with Crippen molar-refractivity contribution >= 4 is 0 Å². The lowest BCUT2D eigenvalue weighted by Gasteiger charge is -2.31. The molecule has 19 heavy (non-hydrogen) atoms. The van der Waals surface area contributed by atoms with E-state index in [0.29, 0.717) is 5.41 Å². The van der Waals surface area contributed by atoms with Crippen molar-refractivity contribution in [3.63, 3.8) is 0 Å². The fraction of sp³-hybridized carbons (Fsp3) is 0.789. The molecule has 0 heterocycles. The van der Waals surface area contributed by atoms with Crippen LogP contribution in [0.4, 0.5) is 0 Å². The van der Waals surface area contributed by atoms with Crippen LogP contribution in [-0.2, 0) is 0 Å². The molecule has 0 aromatic heterocycles. The van der Waals surface area contributed by atoms with E-state index in [9.17, 15) is 0 Å². The normalized spacial score (nSPS) is 11.1. The van der Waals surface area contributed by atoms with E-state index in [1.807, 2.05) is 0 Å². The first-order chi connectivity index (χ1) is 8.35. The third kappa shape index (κ3) is 7.60. The molecular formula is C19H38.